The van der Waals surface area contributed by atoms with E-state index in [0.29, 0.717) is 32.5 Å². The Morgan fingerprint density at radius 3 is 2.20 bits per heavy atom. The van der Waals surface area contributed by atoms with Crippen LogP contribution in [0, 0.1) is 11.8 Å². The van der Waals surface area contributed by atoms with E-state index in [2.05, 4.69) is 0 Å². The standard InChI is InChI=1S/C37H39N3O5/c1-36-19-11-22-38(28-15-5-4-6-16-28)33(42)30(36)31-34(43)40(21-9-2-3-10-24-41)32-35(44)39(23-12-20-37(31,32)45-36)29-18-17-26-13-7-8-14-27(26)25-29/h4-8,11-20,25,30-32,41H,2-3,9-10,21-24H2,1H3/t30-,31+,32?,36+,37+/m1/s1. The normalized spacial score (nSPS) is 29.2. The van der Waals surface area contributed by atoms with Crippen LogP contribution in [0.15, 0.2) is 97.1 Å². The maximum Gasteiger partial charge on any atom is 0.253 e. The van der Waals surface area contributed by atoms with Crippen LogP contribution in [0.4, 0.5) is 11.4 Å². The number of ether oxygens (including phenoxy) is 1. The number of carbonyl (C=O) groups is 3. The second kappa shape index (κ2) is 11.6. The molecular weight excluding hydrogens is 566 g/mol. The van der Waals surface area contributed by atoms with E-state index in [1.54, 1.807) is 14.7 Å². The molecule has 8 heteroatoms. The Hall–Kier alpha value is -4.27. The van der Waals surface area contributed by atoms with E-state index < -0.39 is 29.1 Å². The molecule has 3 aromatic carbocycles. The Bertz CT molecular complexity index is 1690. The van der Waals surface area contributed by atoms with E-state index in [9.17, 15) is 19.5 Å². The van der Waals surface area contributed by atoms with Crippen LogP contribution in [0.1, 0.15) is 32.6 Å². The van der Waals surface area contributed by atoms with Gasteiger partial charge in [-0.05, 0) is 54.8 Å². The lowest BCUT2D eigenvalue weighted by atomic mass is 9.74. The molecule has 1 unspecified atom stereocenters. The average molecular weight is 606 g/mol. The largest absolute Gasteiger partial charge is 0.396 e. The number of rotatable bonds is 8. The first-order valence-corrected chi connectivity index (χ1v) is 16.0. The summed E-state index contributed by atoms with van der Waals surface area (Å²) in [5.41, 5.74) is -0.863. The van der Waals surface area contributed by atoms with Crippen molar-refractivity contribution >= 4 is 39.9 Å². The van der Waals surface area contributed by atoms with Crippen LogP contribution >= 0.6 is 0 Å². The van der Waals surface area contributed by atoms with Crippen LogP contribution in [-0.2, 0) is 19.1 Å². The van der Waals surface area contributed by atoms with Crippen LogP contribution in [0.25, 0.3) is 10.8 Å². The number of aliphatic hydroxyl groups excluding tert-OH is 1. The van der Waals surface area contributed by atoms with Gasteiger partial charge >= 0.3 is 0 Å². The first-order valence-electron chi connectivity index (χ1n) is 16.0. The van der Waals surface area contributed by atoms with Crippen LogP contribution in [0.3, 0.4) is 0 Å². The number of carbonyl (C=O) groups excluding carboxylic acids is 3. The summed E-state index contributed by atoms with van der Waals surface area (Å²) in [5.74, 6) is -2.27. The van der Waals surface area contributed by atoms with Crippen LogP contribution < -0.4 is 9.80 Å². The molecule has 4 aliphatic rings. The summed E-state index contributed by atoms with van der Waals surface area (Å²) in [6.07, 6.45) is 10.7. The van der Waals surface area contributed by atoms with E-state index in [-0.39, 0.29) is 24.3 Å². The number of fused-ring (bicyclic) bond motifs is 3. The molecule has 0 saturated carbocycles. The van der Waals surface area contributed by atoms with Crippen LogP contribution in [0.5, 0.6) is 0 Å². The number of likely N-dealkylation sites (tertiary alicyclic amines) is 1. The van der Waals surface area contributed by atoms with Gasteiger partial charge in [0.1, 0.15) is 11.6 Å². The van der Waals surface area contributed by atoms with Crippen molar-refractivity contribution in [2.24, 2.45) is 11.8 Å². The number of amides is 3. The third kappa shape index (κ3) is 4.78. The first kappa shape index (κ1) is 29.4. The highest BCUT2D eigenvalue weighted by molar-refractivity contribution is 6.08. The van der Waals surface area contributed by atoms with Gasteiger partial charge in [-0.2, -0.15) is 0 Å². The topological polar surface area (TPSA) is 90.4 Å². The van der Waals surface area contributed by atoms with Crippen molar-refractivity contribution in [1.82, 2.24) is 4.90 Å². The van der Waals surface area contributed by atoms with Crippen molar-refractivity contribution in [2.45, 2.75) is 49.9 Å². The third-order valence-corrected chi connectivity index (χ3v) is 9.98. The lowest BCUT2D eigenvalue weighted by molar-refractivity contribution is -0.144. The lowest BCUT2D eigenvalue weighted by Crippen LogP contribution is -2.56. The van der Waals surface area contributed by atoms with Gasteiger partial charge in [-0.1, -0.05) is 85.7 Å². The van der Waals surface area contributed by atoms with Crippen molar-refractivity contribution in [3.63, 3.8) is 0 Å². The summed E-state index contributed by atoms with van der Waals surface area (Å²) in [4.78, 5) is 49.1. The maximum absolute atomic E-state index is 14.8. The fraction of sp³-hybridized carbons (Fsp3) is 0.378. The summed E-state index contributed by atoms with van der Waals surface area (Å²) in [7, 11) is 0. The highest BCUT2D eigenvalue weighted by Gasteiger charge is 2.74. The van der Waals surface area contributed by atoms with Crippen LogP contribution in [0.2, 0.25) is 0 Å². The van der Waals surface area contributed by atoms with Gasteiger partial charge in [0.15, 0.2) is 0 Å². The van der Waals surface area contributed by atoms with E-state index >= 15 is 0 Å². The zero-order valence-electron chi connectivity index (χ0n) is 25.5. The molecule has 3 amide bonds. The Morgan fingerprint density at radius 1 is 0.733 bits per heavy atom. The highest BCUT2D eigenvalue weighted by Crippen LogP contribution is 2.57. The Labute approximate surface area is 263 Å². The van der Waals surface area contributed by atoms with E-state index in [1.807, 2.05) is 104 Å². The summed E-state index contributed by atoms with van der Waals surface area (Å²) >= 11 is 0. The molecule has 4 aliphatic heterocycles. The number of unbranched alkanes of at least 4 members (excludes halogenated alkanes) is 3. The number of benzene rings is 3. The van der Waals surface area contributed by atoms with Crippen LogP contribution in [-0.4, -0.2) is 71.2 Å². The van der Waals surface area contributed by atoms with Crippen molar-refractivity contribution in [2.75, 3.05) is 36.0 Å². The number of aliphatic hydroxyl groups is 1. The van der Waals surface area contributed by atoms with Gasteiger partial charge in [0.05, 0.1) is 17.4 Å². The minimum absolute atomic E-state index is 0.127. The fourth-order valence-electron chi connectivity index (χ4n) is 7.93. The number of hydrogen-bond donors (Lipinski definition) is 1. The predicted molar refractivity (Wildman–Crippen MR) is 174 cm³/mol. The molecule has 0 radical (unpaired) electrons. The van der Waals surface area contributed by atoms with E-state index in [4.69, 9.17) is 4.74 Å². The van der Waals surface area contributed by atoms with E-state index in [0.717, 1.165) is 35.0 Å². The lowest BCUT2D eigenvalue weighted by Gasteiger charge is -2.37. The first-order chi connectivity index (χ1) is 21.9. The van der Waals surface area contributed by atoms with Crippen molar-refractivity contribution < 1.29 is 24.2 Å². The molecule has 1 N–H and O–H groups in total. The average Bonchev–Trinajstić information content (AvgIpc) is 3.31. The van der Waals surface area contributed by atoms with Crippen molar-refractivity contribution in [3.05, 3.63) is 97.1 Å². The summed E-state index contributed by atoms with van der Waals surface area (Å²) < 4.78 is 6.99. The molecule has 1 spiro atoms. The summed E-state index contributed by atoms with van der Waals surface area (Å²) in [6.45, 7) is 3.07. The molecule has 3 aromatic rings. The number of hydrogen-bond acceptors (Lipinski definition) is 5. The number of anilines is 2. The molecule has 0 aliphatic carbocycles. The molecule has 8 nitrogen and oxygen atoms in total. The smallest absolute Gasteiger partial charge is 0.253 e. The van der Waals surface area contributed by atoms with Crippen molar-refractivity contribution in [1.29, 1.82) is 0 Å². The molecule has 4 heterocycles. The zero-order chi connectivity index (χ0) is 31.2. The summed E-state index contributed by atoms with van der Waals surface area (Å²) in [5, 5.41) is 11.4. The molecule has 2 fully saturated rings. The Morgan fingerprint density at radius 2 is 1.42 bits per heavy atom. The molecule has 0 aromatic heterocycles. The van der Waals surface area contributed by atoms with Gasteiger partial charge in [-0.3, -0.25) is 14.4 Å². The Kier molecular flexibility index (Phi) is 7.58. The molecule has 45 heavy (non-hydrogen) atoms. The summed E-state index contributed by atoms with van der Waals surface area (Å²) in [6, 6.07) is 22.6. The maximum atomic E-state index is 14.8. The fourth-order valence-corrected chi connectivity index (χ4v) is 7.93. The quantitative estimate of drug-likeness (QED) is 0.292. The highest BCUT2D eigenvalue weighted by atomic mass is 16.5. The second-order valence-corrected chi connectivity index (χ2v) is 12.7. The molecule has 232 valence electrons. The Balaban J connectivity index is 1.30. The molecule has 2 saturated heterocycles. The van der Waals surface area contributed by atoms with Crippen molar-refractivity contribution in [3.8, 4) is 0 Å². The molecule has 7 rings (SSSR count). The van der Waals surface area contributed by atoms with Gasteiger partial charge in [-0.25, -0.2) is 0 Å². The van der Waals surface area contributed by atoms with Gasteiger partial charge in [0.25, 0.3) is 5.91 Å². The zero-order valence-corrected chi connectivity index (χ0v) is 25.5. The predicted octanol–water partition coefficient (Wildman–Crippen LogP) is 4.87. The minimum Gasteiger partial charge on any atom is -0.396 e. The van der Waals surface area contributed by atoms with Gasteiger partial charge < -0.3 is 24.5 Å². The number of nitrogens with zero attached hydrogens (tertiary/aromatic N) is 3. The van der Waals surface area contributed by atoms with E-state index in [1.165, 1.54) is 0 Å². The SMILES string of the molecule is C[C@]12C=CCN(c3ccccc3)C(=O)[C@H]1[C@H]1C(=O)N(CCCCCCO)C3C(=O)N(c4ccc5ccccc5c4)CC=C[C@@]31O2. The third-order valence-electron chi connectivity index (χ3n) is 9.98. The molecular formula is C37H39N3O5. The molecule has 0 bridgehead atoms. The van der Waals surface area contributed by atoms with Gasteiger partial charge in [0, 0.05) is 37.6 Å². The van der Waals surface area contributed by atoms with Gasteiger partial charge in [-0.15, -0.1) is 0 Å². The second-order valence-electron chi connectivity index (χ2n) is 12.7. The van der Waals surface area contributed by atoms with Gasteiger partial charge in [0.2, 0.25) is 11.8 Å². The molecule has 5 atom stereocenters. The minimum atomic E-state index is -1.30. The number of para-hydroxylation sites is 1. The monoisotopic (exact) mass is 605 g/mol.